The molecule has 1 aromatic carbocycles. The molecular formula is C19H24O3. The van der Waals surface area contributed by atoms with Crippen molar-refractivity contribution < 1.29 is 14.6 Å². The van der Waals surface area contributed by atoms with Crippen molar-refractivity contribution in [2.75, 3.05) is 6.61 Å². The molecule has 22 heavy (non-hydrogen) atoms. The van der Waals surface area contributed by atoms with E-state index in [4.69, 9.17) is 4.74 Å². The number of phenols is 1. The van der Waals surface area contributed by atoms with Crippen molar-refractivity contribution in [3.63, 3.8) is 0 Å². The third kappa shape index (κ3) is 1.91. The van der Waals surface area contributed by atoms with Gasteiger partial charge in [0.1, 0.15) is 0 Å². The molecule has 0 aromatic heterocycles. The molecule has 2 saturated carbocycles. The molecule has 2 unspecified atom stereocenters. The van der Waals surface area contributed by atoms with E-state index in [2.05, 4.69) is 20.8 Å². The molecule has 0 radical (unpaired) electrons. The molecule has 0 saturated heterocycles. The van der Waals surface area contributed by atoms with E-state index in [0.717, 1.165) is 24.0 Å². The number of hydrogen-bond acceptors (Lipinski definition) is 3. The topological polar surface area (TPSA) is 46.5 Å². The van der Waals surface area contributed by atoms with Crippen LogP contribution in [0.15, 0.2) is 23.8 Å². The first kappa shape index (κ1) is 15.1. The standard InChI is InChI=1S/C19H24O3/c1-5-22-16-11-12(6-7-15(16)20)10-13-14-8-9-19(4,17(13)21)18(14,2)3/h6-7,10-11,14,20H,5,8-9H2,1-4H3. The molecule has 0 aliphatic heterocycles. The average molecular weight is 300 g/mol. The molecule has 0 spiro atoms. The lowest BCUT2D eigenvalue weighted by Crippen LogP contribution is -2.32. The minimum Gasteiger partial charge on any atom is -0.504 e. The Labute approximate surface area is 132 Å². The van der Waals surface area contributed by atoms with Crippen molar-refractivity contribution in [1.29, 1.82) is 0 Å². The van der Waals surface area contributed by atoms with E-state index in [-0.39, 0.29) is 16.6 Å². The number of hydrogen-bond donors (Lipinski definition) is 1. The summed E-state index contributed by atoms with van der Waals surface area (Å²) in [5, 5.41) is 9.80. The molecular weight excluding hydrogens is 276 g/mol. The van der Waals surface area contributed by atoms with Crippen LogP contribution >= 0.6 is 0 Å². The molecule has 2 fully saturated rings. The molecule has 2 aliphatic rings. The number of ketones is 1. The van der Waals surface area contributed by atoms with E-state index in [1.807, 2.05) is 19.1 Å². The lowest BCUT2D eigenvalue weighted by molar-refractivity contribution is -0.125. The van der Waals surface area contributed by atoms with Gasteiger partial charge in [-0.25, -0.2) is 0 Å². The molecule has 118 valence electrons. The second kappa shape index (κ2) is 4.87. The maximum Gasteiger partial charge on any atom is 0.165 e. The Bertz CT molecular complexity index is 657. The number of rotatable bonds is 3. The number of Topliss-reactive ketones (excluding diaryl/α,β-unsaturated/α-hetero) is 1. The first-order valence-electron chi connectivity index (χ1n) is 8.03. The van der Waals surface area contributed by atoms with Crippen molar-refractivity contribution in [2.45, 2.75) is 40.5 Å². The highest BCUT2D eigenvalue weighted by molar-refractivity contribution is 6.08. The number of carbonyl (C=O) groups excluding carboxylic acids is 1. The Hall–Kier alpha value is -1.77. The Morgan fingerprint density at radius 2 is 2.09 bits per heavy atom. The van der Waals surface area contributed by atoms with Gasteiger partial charge in [0, 0.05) is 5.41 Å². The van der Waals surface area contributed by atoms with Crippen molar-refractivity contribution >= 4 is 11.9 Å². The van der Waals surface area contributed by atoms with Crippen LogP contribution in [0.1, 0.15) is 46.1 Å². The molecule has 2 aliphatic carbocycles. The lowest BCUT2D eigenvalue weighted by Gasteiger charge is -2.31. The SMILES string of the molecule is CCOc1cc(C=C2C(=O)C3(C)CCC2C3(C)C)ccc1O. The summed E-state index contributed by atoms with van der Waals surface area (Å²) in [6.45, 7) is 8.92. The number of allylic oxidation sites excluding steroid dienone is 1. The maximum atomic E-state index is 12.8. The first-order chi connectivity index (χ1) is 10.3. The molecule has 3 nitrogen and oxygen atoms in total. The van der Waals surface area contributed by atoms with Gasteiger partial charge in [-0.15, -0.1) is 0 Å². The predicted octanol–water partition coefficient (Wildman–Crippen LogP) is 4.20. The van der Waals surface area contributed by atoms with Crippen LogP contribution in [0.3, 0.4) is 0 Å². The van der Waals surface area contributed by atoms with Gasteiger partial charge >= 0.3 is 0 Å². The van der Waals surface area contributed by atoms with Gasteiger partial charge in [-0.2, -0.15) is 0 Å². The number of aromatic hydroxyl groups is 1. The average Bonchev–Trinajstić information content (AvgIpc) is 2.77. The monoisotopic (exact) mass is 300 g/mol. The van der Waals surface area contributed by atoms with Gasteiger partial charge in [0.25, 0.3) is 0 Å². The highest BCUT2D eigenvalue weighted by Gasteiger charge is 2.63. The third-order valence-electron chi connectivity index (χ3n) is 5.97. The van der Waals surface area contributed by atoms with Crippen LogP contribution < -0.4 is 4.74 Å². The van der Waals surface area contributed by atoms with E-state index in [9.17, 15) is 9.90 Å². The fourth-order valence-corrected chi connectivity index (χ4v) is 4.17. The molecule has 2 bridgehead atoms. The molecule has 0 heterocycles. The molecule has 3 rings (SSSR count). The number of fused-ring (bicyclic) bond motifs is 2. The third-order valence-corrected chi connectivity index (χ3v) is 5.97. The quantitative estimate of drug-likeness (QED) is 0.851. The van der Waals surface area contributed by atoms with Crippen molar-refractivity contribution in [2.24, 2.45) is 16.7 Å². The first-order valence-corrected chi connectivity index (χ1v) is 8.03. The van der Waals surface area contributed by atoms with Gasteiger partial charge in [0.05, 0.1) is 6.61 Å². The Morgan fingerprint density at radius 1 is 1.36 bits per heavy atom. The summed E-state index contributed by atoms with van der Waals surface area (Å²) in [4.78, 5) is 12.8. The zero-order valence-electron chi connectivity index (χ0n) is 13.8. The summed E-state index contributed by atoms with van der Waals surface area (Å²) in [6.07, 6.45) is 4.05. The van der Waals surface area contributed by atoms with Crippen LogP contribution in [-0.2, 0) is 4.79 Å². The Kier molecular flexibility index (Phi) is 3.35. The van der Waals surface area contributed by atoms with E-state index < -0.39 is 0 Å². The van der Waals surface area contributed by atoms with E-state index in [0.29, 0.717) is 24.1 Å². The normalized spacial score (nSPS) is 31.0. The van der Waals surface area contributed by atoms with Crippen LogP contribution in [0.5, 0.6) is 11.5 Å². The smallest absolute Gasteiger partial charge is 0.165 e. The summed E-state index contributed by atoms with van der Waals surface area (Å²) in [5.41, 5.74) is 1.64. The minimum absolute atomic E-state index is 0.0234. The summed E-state index contributed by atoms with van der Waals surface area (Å²) in [5.74, 6) is 1.22. The largest absolute Gasteiger partial charge is 0.504 e. The zero-order chi connectivity index (χ0) is 16.1. The summed E-state index contributed by atoms with van der Waals surface area (Å²) >= 11 is 0. The van der Waals surface area contributed by atoms with Crippen LogP contribution in [0.25, 0.3) is 6.08 Å². The molecule has 1 aromatic rings. The van der Waals surface area contributed by atoms with E-state index in [1.165, 1.54) is 0 Å². The number of carbonyl (C=O) groups is 1. The highest BCUT2D eigenvalue weighted by Crippen LogP contribution is 2.65. The van der Waals surface area contributed by atoms with Crippen molar-refractivity contribution in [3.05, 3.63) is 29.3 Å². The Balaban J connectivity index is 2.00. The van der Waals surface area contributed by atoms with Crippen molar-refractivity contribution in [1.82, 2.24) is 0 Å². The summed E-state index contributed by atoms with van der Waals surface area (Å²) in [7, 11) is 0. The van der Waals surface area contributed by atoms with E-state index >= 15 is 0 Å². The van der Waals surface area contributed by atoms with Gasteiger partial charge in [0.2, 0.25) is 0 Å². The number of benzene rings is 1. The van der Waals surface area contributed by atoms with Crippen LogP contribution in [0.2, 0.25) is 0 Å². The fraction of sp³-hybridized carbons (Fsp3) is 0.526. The molecule has 0 amide bonds. The van der Waals surface area contributed by atoms with Crippen LogP contribution in [0.4, 0.5) is 0 Å². The van der Waals surface area contributed by atoms with Crippen molar-refractivity contribution in [3.8, 4) is 11.5 Å². The molecule has 3 heteroatoms. The zero-order valence-corrected chi connectivity index (χ0v) is 13.8. The fourth-order valence-electron chi connectivity index (χ4n) is 4.17. The van der Waals surface area contributed by atoms with Gasteiger partial charge < -0.3 is 9.84 Å². The van der Waals surface area contributed by atoms with Gasteiger partial charge in [-0.3, -0.25) is 4.79 Å². The summed E-state index contributed by atoms with van der Waals surface area (Å²) < 4.78 is 5.43. The van der Waals surface area contributed by atoms with E-state index in [1.54, 1.807) is 12.1 Å². The van der Waals surface area contributed by atoms with Gasteiger partial charge in [0.15, 0.2) is 17.3 Å². The maximum absolute atomic E-state index is 12.8. The summed E-state index contributed by atoms with van der Waals surface area (Å²) in [6, 6.07) is 5.27. The molecule has 1 N–H and O–H groups in total. The molecule has 2 atom stereocenters. The lowest BCUT2D eigenvalue weighted by atomic mass is 9.70. The highest BCUT2D eigenvalue weighted by atomic mass is 16.5. The van der Waals surface area contributed by atoms with Gasteiger partial charge in [-0.1, -0.05) is 26.8 Å². The number of ether oxygens (including phenoxy) is 1. The predicted molar refractivity (Wildman–Crippen MR) is 86.9 cm³/mol. The Morgan fingerprint density at radius 3 is 2.68 bits per heavy atom. The van der Waals surface area contributed by atoms with Crippen LogP contribution in [0, 0.1) is 16.7 Å². The second-order valence-electron chi connectivity index (χ2n) is 7.23. The second-order valence-corrected chi connectivity index (χ2v) is 7.23. The van der Waals surface area contributed by atoms with Crippen LogP contribution in [-0.4, -0.2) is 17.5 Å². The number of phenolic OH excluding ortho intramolecular Hbond substituents is 1. The minimum atomic E-state index is -0.233. The van der Waals surface area contributed by atoms with Gasteiger partial charge in [-0.05, 0) is 60.4 Å².